The summed E-state index contributed by atoms with van der Waals surface area (Å²) in [6, 6.07) is 0. The lowest BCUT2D eigenvalue weighted by Gasteiger charge is -2.36. The minimum absolute atomic E-state index is 0.0907. The third kappa shape index (κ3) is 1.56. The van der Waals surface area contributed by atoms with Crippen molar-refractivity contribution in [2.45, 2.75) is 32.1 Å². The van der Waals surface area contributed by atoms with Crippen LogP contribution in [-0.2, 0) is 9.59 Å². The monoisotopic (exact) mass is 195 g/mol. The SMILES string of the molecule is CNC(=O)C1CC2CCCC(C1)C2=O. The van der Waals surface area contributed by atoms with Gasteiger partial charge in [-0.05, 0) is 25.7 Å². The molecule has 0 aromatic heterocycles. The van der Waals surface area contributed by atoms with E-state index in [1.165, 1.54) is 6.42 Å². The summed E-state index contributed by atoms with van der Waals surface area (Å²) in [5.41, 5.74) is 0. The molecule has 14 heavy (non-hydrogen) atoms. The predicted molar refractivity (Wildman–Crippen MR) is 52.6 cm³/mol. The minimum atomic E-state index is 0.0907. The number of hydrogen-bond donors (Lipinski definition) is 1. The van der Waals surface area contributed by atoms with E-state index in [4.69, 9.17) is 0 Å². The molecular formula is C11H17NO2. The fraction of sp³-hybridized carbons (Fsp3) is 0.818. The second-order valence-electron chi connectivity index (χ2n) is 4.51. The average molecular weight is 195 g/mol. The summed E-state index contributed by atoms with van der Waals surface area (Å²) in [5.74, 6) is 1.01. The van der Waals surface area contributed by atoms with Gasteiger partial charge in [-0.15, -0.1) is 0 Å². The largest absolute Gasteiger partial charge is 0.359 e. The van der Waals surface area contributed by atoms with Gasteiger partial charge in [-0.3, -0.25) is 9.59 Å². The Balaban J connectivity index is 2.07. The van der Waals surface area contributed by atoms with Crippen molar-refractivity contribution in [3.8, 4) is 0 Å². The molecular weight excluding hydrogens is 178 g/mol. The maximum Gasteiger partial charge on any atom is 0.222 e. The summed E-state index contributed by atoms with van der Waals surface area (Å²) in [6.45, 7) is 0. The van der Waals surface area contributed by atoms with E-state index in [9.17, 15) is 9.59 Å². The lowest BCUT2D eigenvalue weighted by Crippen LogP contribution is -2.41. The minimum Gasteiger partial charge on any atom is -0.359 e. The molecule has 0 aromatic carbocycles. The number of ketones is 1. The maximum absolute atomic E-state index is 11.7. The van der Waals surface area contributed by atoms with E-state index in [1.807, 2.05) is 0 Å². The quantitative estimate of drug-likeness (QED) is 0.681. The van der Waals surface area contributed by atoms with Crippen LogP contribution in [-0.4, -0.2) is 18.7 Å². The van der Waals surface area contributed by atoms with Gasteiger partial charge in [-0.25, -0.2) is 0 Å². The van der Waals surface area contributed by atoms with Crippen molar-refractivity contribution in [3.05, 3.63) is 0 Å². The Hall–Kier alpha value is -0.860. The Morgan fingerprint density at radius 3 is 2.36 bits per heavy atom. The Morgan fingerprint density at radius 2 is 1.86 bits per heavy atom. The summed E-state index contributed by atoms with van der Waals surface area (Å²) in [5, 5.41) is 2.69. The van der Waals surface area contributed by atoms with Gasteiger partial charge in [0.2, 0.25) is 5.91 Å². The Morgan fingerprint density at radius 1 is 1.29 bits per heavy atom. The number of Topliss-reactive ketones (excluding diaryl/α,β-unsaturated/α-hetero) is 1. The van der Waals surface area contributed by atoms with Crippen molar-refractivity contribution in [1.29, 1.82) is 0 Å². The molecule has 2 rings (SSSR count). The van der Waals surface area contributed by atoms with Gasteiger partial charge in [0.15, 0.2) is 0 Å². The number of amides is 1. The summed E-state index contributed by atoms with van der Waals surface area (Å²) < 4.78 is 0. The normalized spacial score (nSPS) is 36.6. The van der Waals surface area contributed by atoms with E-state index in [0.29, 0.717) is 5.78 Å². The molecule has 0 aliphatic heterocycles. The summed E-state index contributed by atoms with van der Waals surface area (Å²) >= 11 is 0. The zero-order chi connectivity index (χ0) is 10.1. The molecule has 2 atom stereocenters. The van der Waals surface area contributed by atoms with Gasteiger partial charge in [-0.2, -0.15) is 0 Å². The van der Waals surface area contributed by atoms with Crippen LogP contribution in [0.2, 0.25) is 0 Å². The highest BCUT2D eigenvalue weighted by atomic mass is 16.2. The van der Waals surface area contributed by atoms with Crippen molar-refractivity contribution < 1.29 is 9.59 Å². The van der Waals surface area contributed by atoms with Crippen molar-refractivity contribution >= 4 is 11.7 Å². The lowest BCUT2D eigenvalue weighted by atomic mass is 9.67. The zero-order valence-corrected chi connectivity index (χ0v) is 8.58. The fourth-order valence-electron chi connectivity index (χ4n) is 2.90. The second-order valence-corrected chi connectivity index (χ2v) is 4.51. The van der Waals surface area contributed by atoms with Gasteiger partial charge in [0.25, 0.3) is 0 Å². The van der Waals surface area contributed by atoms with Crippen LogP contribution < -0.4 is 5.32 Å². The van der Waals surface area contributed by atoms with Crippen molar-refractivity contribution in [3.63, 3.8) is 0 Å². The van der Waals surface area contributed by atoms with Crippen LogP contribution in [0.25, 0.3) is 0 Å². The van der Waals surface area contributed by atoms with Crippen molar-refractivity contribution in [2.24, 2.45) is 17.8 Å². The van der Waals surface area contributed by atoms with Gasteiger partial charge in [0.1, 0.15) is 5.78 Å². The maximum atomic E-state index is 11.7. The highest BCUT2D eigenvalue weighted by Gasteiger charge is 2.40. The van der Waals surface area contributed by atoms with Crippen LogP contribution >= 0.6 is 0 Å². The first-order valence-corrected chi connectivity index (χ1v) is 5.47. The molecule has 2 saturated carbocycles. The molecule has 3 heteroatoms. The smallest absolute Gasteiger partial charge is 0.222 e. The lowest BCUT2D eigenvalue weighted by molar-refractivity contribution is -0.137. The molecule has 2 aliphatic rings. The topological polar surface area (TPSA) is 46.2 Å². The first-order chi connectivity index (χ1) is 6.72. The van der Waals surface area contributed by atoms with Gasteiger partial charge < -0.3 is 5.32 Å². The summed E-state index contributed by atoms with van der Waals surface area (Å²) in [7, 11) is 1.68. The Kier molecular flexibility index (Phi) is 2.57. The number of carbonyl (C=O) groups excluding carboxylic acids is 2. The molecule has 0 spiro atoms. The Labute approximate surface area is 84.2 Å². The van der Waals surface area contributed by atoms with Gasteiger partial charge in [0, 0.05) is 24.8 Å². The van der Waals surface area contributed by atoms with Gasteiger partial charge >= 0.3 is 0 Å². The molecule has 2 bridgehead atoms. The zero-order valence-electron chi connectivity index (χ0n) is 8.58. The number of rotatable bonds is 1. The molecule has 78 valence electrons. The van der Waals surface area contributed by atoms with E-state index in [2.05, 4.69) is 5.32 Å². The van der Waals surface area contributed by atoms with Gasteiger partial charge in [0.05, 0.1) is 0 Å². The van der Waals surface area contributed by atoms with Crippen LogP contribution in [0.15, 0.2) is 0 Å². The highest BCUT2D eigenvalue weighted by molar-refractivity contribution is 5.88. The van der Waals surface area contributed by atoms with Crippen LogP contribution in [0.5, 0.6) is 0 Å². The van der Waals surface area contributed by atoms with E-state index in [0.717, 1.165) is 25.7 Å². The number of nitrogens with one attached hydrogen (secondary N) is 1. The summed E-state index contributed by atoms with van der Waals surface area (Å²) in [6.07, 6.45) is 4.75. The van der Waals surface area contributed by atoms with E-state index in [-0.39, 0.29) is 23.7 Å². The van der Waals surface area contributed by atoms with Crippen LogP contribution in [0.1, 0.15) is 32.1 Å². The van der Waals surface area contributed by atoms with Gasteiger partial charge in [-0.1, -0.05) is 6.42 Å². The molecule has 1 amide bonds. The molecule has 2 aliphatic carbocycles. The average Bonchev–Trinajstić information content (AvgIpc) is 2.16. The summed E-state index contributed by atoms with van der Waals surface area (Å²) in [4.78, 5) is 23.2. The second kappa shape index (κ2) is 3.71. The van der Waals surface area contributed by atoms with E-state index in [1.54, 1.807) is 7.05 Å². The molecule has 0 aromatic rings. The standard InChI is InChI=1S/C11H17NO2/c1-12-11(14)9-5-7-3-2-4-8(6-9)10(7)13/h7-9H,2-6H2,1H3,(H,12,14). The first kappa shape index (κ1) is 9.69. The van der Waals surface area contributed by atoms with Crippen molar-refractivity contribution in [2.75, 3.05) is 7.05 Å². The fourth-order valence-corrected chi connectivity index (χ4v) is 2.90. The molecule has 3 nitrogen and oxygen atoms in total. The predicted octanol–water partition coefficient (Wildman–Crippen LogP) is 1.13. The molecule has 2 fully saturated rings. The highest BCUT2D eigenvalue weighted by Crippen LogP contribution is 2.39. The van der Waals surface area contributed by atoms with Crippen LogP contribution in [0.3, 0.4) is 0 Å². The van der Waals surface area contributed by atoms with E-state index >= 15 is 0 Å². The number of carbonyl (C=O) groups is 2. The Bertz CT molecular complexity index is 246. The van der Waals surface area contributed by atoms with Crippen molar-refractivity contribution in [1.82, 2.24) is 5.32 Å². The third-order valence-electron chi connectivity index (χ3n) is 3.67. The van der Waals surface area contributed by atoms with Crippen LogP contribution in [0.4, 0.5) is 0 Å². The molecule has 0 heterocycles. The number of fused-ring (bicyclic) bond motifs is 2. The molecule has 2 unspecified atom stereocenters. The molecule has 1 N–H and O–H groups in total. The first-order valence-electron chi connectivity index (χ1n) is 5.47. The third-order valence-corrected chi connectivity index (χ3v) is 3.67. The number of hydrogen-bond acceptors (Lipinski definition) is 2. The van der Waals surface area contributed by atoms with Crippen LogP contribution in [0, 0.1) is 17.8 Å². The van der Waals surface area contributed by atoms with E-state index < -0.39 is 0 Å². The molecule has 0 saturated heterocycles. The molecule has 0 radical (unpaired) electrons.